The summed E-state index contributed by atoms with van der Waals surface area (Å²) >= 11 is 6.07. The minimum absolute atomic E-state index is 0.0367. The van der Waals surface area contributed by atoms with Crippen LogP contribution in [-0.4, -0.2) is 28.5 Å². The summed E-state index contributed by atoms with van der Waals surface area (Å²) in [6.45, 7) is -1.37. The van der Waals surface area contributed by atoms with E-state index in [9.17, 15) is 22.4 Å². The lowest BCUT2D eigenvalue weighted by atomic mass is 10.2. The van der Waals surface area contributed by atoms with Gasteiger partial charge in [0.1, 0.15) is 16.6 Å². The van der Waals surface area contributed by atoms with Crippen LogP contribution in [0.15, 0.2) is 54.7 Å². The third kappa shape index (κ3) is 5.71. The van der Waals surface area contributed by atoms with E-state index in [-0.39, 0.29) is 28.7 Å². The number of halogens is 5. The number of nitrogens with one attached hydrogen (secondary N) is 1. The van der Waals surface area contributed by atoms with Crippen molar-refractivity contribution in [2.45, 2.75) is 12.7 Å². The average molecular weight is 428 g/mol. The summed E-state index contributed by atoms with van der Waals surface area (Å²) in [7, 11) is 0. The molecule has 0 bridgehead atoms. The van der Waals surface area contributed by atoms with Crippen molar-refractivity contribution in [3.8, 4) is 5.75 Å². The lowest BCUT2D eigenvalue weighted by molar-refractivity contribution is -0.153. The maximum atomic E-state index is 13.8. The molecule has 5 nitrogen and oxygen atoms in total. The molecule has 10 heteroatoms. The lowest BCUT2D eigenvalue weighted by Crippen LogP contribution is -2.19. The fourth-order valence-electron chi connectivity index (χ4n) is 2.44. The zero-order chi connectivity index (χ0) is 21.0. The Morgan fingerprint density at radius 3 is 2.66 bits per heavy atom. The van der Waals surface area contributed by atoms with Crippen molar-refractivity contribution in [1.82, 2.24) is 9.78 Å². The number of carbonyl (C=O) groups excluding carboxylic acids is 1. The molecule has 1 heterocycles. The van der Waals surface area contributed by atoms with Gasteiger partial charge in [0.15, 0.2) is 12.4 Å². The summed E-state index contributed by atoms with van der Waals surface area (Å²) in [4.78, 5) is 12.4. The quantitative estimate of drug-likeness (QED) is 0.568. The molecule has 29 heavy (non-hydrogen) atoms. The van der Waals surface area contributed by atoms with Gasteiger partial charge in [-0.1, -0.05) is 35.9 Å². The van der Waals surface area contributed by atoms with Gasteiger partial charge in [-0.25, -0.2) is 4.39 Å². The molecule has 152 valence electrons. The van der Waals surface area contributed by atoms with Crippen LogP contribution in [0.2, 0.25) is 5.02 Å². The highest BCUT2D eigenvalue weighted by Crippen LogP contribution is 2.23. The first-order valence-corrected chi connectivity index (χ1v) is 8.66. The first-order chi connectivity index (χ1) is 13.7. The molecule has 1 N–H and O–H groups in total. The fraction of sp³-hybridized carbons (Fsp3) is 0.158. The number of nitrogens with zero attached hydrogens (tertiary/aromatic N) is 2. The van der Waals surface area contributed by atoms with E-state index in [4.69, 9.17) is 11.6 Å². The summed E-state index contributed by atoms with van der Waals surface area (Å²) in [6.07, 6.45) is -3.07. The standard InChI is InChI=1S/C19H14ClF4N3O2/c20-15-10-27(9-13-4-1-2-7-16(13)21)26-17(15)25-18(28)12-5-3-6-14(8-12)29-11-19(22,23)24/h1-8,10H,9,11H2,(H,25,26,28). The first-order valence-electron chi connectivity index (χ1n) is 8.28. The molecule has 0 aliphatic rings. The van der Waals surface area contributed by atoms with Crippen LogP contribution in [0.4, 0.5) is 23.4 Å². The molecule has 0 saturated heterocycles. The van der Waals surface area contributed by atoms with Crippen molar-refractivity contribution in [3.63, 3.8) is 0 Å². The second-order valence-electron chi connectivity index (χ2n) is 6.00. The SMILES string of the molecule is O=C(Nc1nn(Cc2ccccc2F)cc1Cl)c1cccc(OCC(F)(F)F)c1. The molecular weight excluding hydrogens is 414 g/mol. The molecule has 0 radical (unpaired) electrons. The van der Waals surface area contributed by atoms with Crippen LogP contribution in [-0.2, 0) is 6.54 Å². The molecule has 0 aliphatic carbocycles. The van der Waals surface area contributed by atoms with Crippen LogP contribution in [0.1, 0.15) is 15.9 Å². The number of amides is 1. The monoisotopic (exact) mass is 427 g/mol. The Balaban J connectivity index is 1.69. The van der Waals surface area contributed by atoms with Crippen molar-refractivity contribution in [2.24, 2.45) is 0 Å². The van der Waals surface area contributed by atoms with E-state index in [1.807, 2.05) is 0 Å². The molecule has 0 aliphatic heterocycles. The number of ether oxygens (including phenoxy) is 1. The third-order valence-corrected chi connectivity index (χ3v) is 4.01. The number of alkyl halides is 3. The van der Waals surface area contributed by atoms with E-state index in [0.717, 1.165) is 0 Å². The largest absolute Gasteiger partial charge is 0.484 e. The van der Waals surface area contributed by atoms with Crippen LogP contribution >= 0.6 is 11.6 Å². The second-order valence-corrected chi connectivity index (χ2v) is 6.41. The molecule has 0 spiro atoms. The molecular formula is C19H14ClF4N3O2. The predicted octanol–water partition coefficient (Wildman–Crippen LogP) is 4.92. The van der Waals surface area contributed by atoms with Crippen molar-refractivity contribution >= 4 is 23.3 Å². The molecule has 0 atom stereocenters. The minimum atomic E-state index is -4.49. The van der Waals surface area contributed by atoms with Gasteiger partial charge in [0, 0.05) is 17.3 Å². The van der Waals surface area contributed by atoms with E-state index >= 15 is 0 Å². The number of hydrogen-bond acceptors (Lipinski definition) is 3. The van der Waals surface area contributed by atoms with E-state index < -0.39 is 24.5 Å². The van der Waals surface area contributed by atoms with Crippen molar-refractivity contribution in [1.29, 1.82) is 0 Å². The number of benzene rings is 2. The molecule has 3 rings (SSSR count). The van der Waals surface area contributed by atoms with E-state index in [2.05, 4.69) is 15.2 Å². The van der Waals surface area contributed by atoms with E-state index in [1.165, 1.54) is 41.2 Å². The summed E-state index contributed by atoms with van der Waals surface area (Å²) in [6, 6.07) is 11.4. The van der Waals surface area contributed by atoms with Crippen molar-refractivity contribution in [3.05, 3.63) is 76.7 Å². The van der Waals surface area contributed by atoms with Gasteiger partial charge in [0.05, 0.1) is 6.54 Å². The Hall–Kier alpha value is -3.07. The maximum absolute atomic E-state index is 13.8. The van der Waals surface area contributed by atoms with Crippen LogP contribution in [0.3, 0.4) is 0 Å². The van der Waals surface area contributed by atoms with Gasteiger partial charge in [-0.05, 0) is 24.3 Å². The summed E-state index contributed by atoms with van der Waals surface area (Å²) in [5.74, 6) is -1.11. The van der Waals surface area contributed by atoms with Gasteiger partial charge >= 0.3 is 6.18 Å². The van der Waals surface area contributed by atoms with Gasteiger partial charge < -0.3 is 10.1 Å². The number of aromatic nitrogens is 2. The Morgan fingerprint density at radius 1 is 1.17 bits per heavy atom. The van der Waals surface area contributed by atoms with Crippen LogP contribution in [0, 0.1) is 5.82 Å². The highest BCUT2D eigenvalue weighted by molar-refractivity contribution is 6.33. The number of anilines is 1. The predicted molar refractivity (Wildman–Crippen MR) is 98.7 cm³/mol. The lowest BCUT2D eigenvalue weighted by Gasteiger charge is -2.10. The molecule has 0 saturated carbocycles. The second kappa shape index (κ2) is 8.52. The topological polar surface area (TPSA) is 56.2 Å². The molecule has 1 aromatic heterocycles. The third-order valence-electron chi connectivity index (χ3n) is 3.74. The number of carbonyl (C=O) groups is 1. The fourth-order valence-corrected chi connectivity index (χ4v) is 2.63. The van der Waals surface area contributed by atoms with Gasteiger partial charge in [-0.15, -0.1) is 0 Å². The summed E-state index contributed by atoms with van der Waals surface area (Å²) in [5.41, 5.74) is 0.448. The zero-order valence-corrected chi connectivity index (χ0v) is 15.5. The summed E-state index contributed by atoms with van der Waals surface area (Å²) in [5, 5.41) is 6.71. The van der Waals surface area contributed by atoms with Crippen LogP contribution in [0.5, 0.6) is 5.75 Å². The summed E-state index contributed by atoms with van der Waals surface area (Å²) < 4.78 is 56.5. The smallest absolute Gasteiger partial charge is 0.422 e. The van der Waals surface area contributed by atoms with Crippen LogP contribution < -0.4 is 10.1 Å². The average Bonchev–Trinajstić information content (AvgIpc) is 3.00. The van der Waals surface area contributed by atoms with Gasteiger partial charge in [-0.3, -0.25) is 9.48 Å². The molecule has 1 amide bonds. The Morgan fingerprint density at radius 2 is 1.93 bits per heavy atom. The zero-order valence-electron chi connectivity index (χ0n) is 14.7. The molecule has 2 aromatic carbocycles. The number of rotatable bonds is 6. The van der Waals surface area contributed by atoms with Crippen molar-refractivity contribution in [2.75, 3.05) is 11.9 Å². The first kappa shape index (κ1) is 20.7. The van der Waals surface area contributed by atoms with E-state index in [0.29, 0.717) is 5.56 Å². The Bertz CT molecular complexity index is 1020. The van der Waals surface area contributed by atoms with Crippen LogP contribution in [0.25, 0.3) is 0 Å². The maximum Gasteiger partial charge on any atom is 0.422 e. The van der Waals surface area contributed by atoms with Gasteiger partial charge in [0.25, 0.3) is 5.91 Å². The number of hydrogen-bond donors (Lipinski definition) is 1. The normalized spacial score (nSPS) is 11.3. The van der Waals surface area contributed by atoms with E-state index in [1.54, 1.807) is 18.2 Å². The van der Waals surface area contributed by atoms with Gasteiger partial charge in [-0.2, -0.15) is 18.3 Å². The highest BCUT2D eigenvalue weighted by atomic mass is 35.5. The Labute approximate surface area is 167 Å². The molecule has 0 unspecified atom stereocenters. The Kier molecular flexibility index (Phi) is 6.07. The molecule has 0 fully saturated rings. The molecule has 3 aromatic rings. The minimum Gasteiger partial charge on any atom is -0.484 e. The highest BCUT2D eigenvalue weighted by Gasteiger charge is 2.28. The van der Waals surface area contributed by atoms with Crippen molar-refractivity contribution < 1.29 is 27.1 Å². The van der Waals surface area contributed by atoms with Gasteiger partial charge in [0.2, 0.25) is 0 Å².